The summed E-state index contributed by atoms with van der Waals surface area (Å²) in [6, 6.07) is 3.78. The summed E-state index contributed by atoms with van der Waals surface area (Å²) in [5, 5.41) is 0. The molecule has 0 unspecified atom stereocenters. The van der Waals surface area contributed by atoms with E-state index in [0.717, 1.165) is 24.5 Å². The molecular weight excluding hydrogens is 210 g/mol. The zero-order valence-electron chi connectivity index (χ0n) is 11.1. The van der Waals surface area contributed by atoms with Gasteiger partial charge in [0.25, 0.3) is 0 Å². The van der Waals surface area contributed by atoms with Gasteiger partial charge in [0, 0.05) is 12.1 Å². The van der Waals surface area contributed by atoms with Gasteiger partial charge < -0.3 is 4.98 Å². The molecule has 0 aliphatic heterocycles. The van der Waals surface area contributed by atoms with Gasteiger partial charge in [-0.1, -0.05) is 20.8 Å². The minimum absolute atomic E-state index is 0.243. The zero-order chi connectivity index (χ0) is 12.5. The molecule has 2 rings (SSSR count). The summed E-state index contributed by atoms with van der Waals surface area (Å²) in [4.78, 5) is 15.2. The van der Waals surface area contributed by atoms with Crippen molar-refractivity contribution in [3.05, 3.63) is 24.0 Å². The van der Waals surface area contributed by atoms with Crippen LogP contribution in [-0.4, -0.2) is 10.8 Å². The fraction of sp³-hybridized carbons (Fsp3) is 0.667. The van der Waals surface area contributed by atoms with Crippen LogP contribution in [0.25, 0.3) is 0 Å². The Morgan fingerprint density at radius 2 is 1.88 bits per heavy atom. The fourth-order valence-corrected chi connectivity index (χ4v) is 2.93. The lowest BCUT2D eigenvalue weighted by Gasteiger charge is -2.36. The van der Waals surface area contributed by atoms with E-state index < -0.39 is 0 Å². The quantitative estimate of drug-likeness (QED) is 0.768. The maximum Gasteiger partial charge on any atom is 0.182 e. The van der Waals surface area contributed by atoms with Crippen LogP contribution in [0.1, 0.15) is 56.9 Å². The van der Waals surface area contributed by atoms with Crippen molar-refractivity contribution >= 4 is 5.78 Å². The lowest BCUT2D eigenvalue weighted by Crippen LogP contribution is -2.29. The second-order valence-corrected chi connectivity index (χ2v) is 6.36. The number of hydrogen-bond donors (Lipinski definition) is 1. The largest absolute Gasteiger partial charge is 0.359 e. The third-order valence-electron chi connectivity index (χ3n) is 4.19. The summed E-state index contributed by atoms with van der Waals surface area (Å²) in [7, 11) is 0. The van der Waals surface area contributed by atoms with E-state index in [1.165, 1.54) is 12.8 Å². The van der Waals surface area contributed by atoms with Crippen molar-refractivity contribution in [1.82, 2.24) is 4.98 Å². The zero-order valence-corrected chi connectivity index (χ0v) is 11.1. The van der Waals surface area contributed by atoms with Gasteiger partial charge in [0.05, 0.1) is 5.69 Å². The van der Waals surface area contributed by atoms with Crippen molar-refractivity contribution in [1.29, 1.82) is 0 Å². The molecule has 1 saturated carbocycles. The number of nitrogens with one attached hydrogen (secondary N) is 1. The maximum atomic E-state index is 12.2. The molecule has 1 heterocycles. The van der Waals surface area contributed by atoms with Gasteiger partial charge in [-0.3, -0.25) is 4.79 Å². The summed E-state index contributed by atoms with van der Waals surface area (Å²) in [6.07, 6.45) is 6.33. The standard InChI is InChI=1S/C15H23NO/c1-15(2,3)12-8-6-11(7-9-12)14(17)13-5-4-10-16-13/h4-5,10-12,16H,6-9H2,1-3H3. The number of H-pyrrole nitrogens is 1. The molecule has 0 amide bonds. The van der Waals surface area contributed by atoms with E-state index in [9.17, 15) is 4.79 Å². The molecule has 1 aromatic rings. The molecule has 1 aliphatic rings. The van der Waals surface area contributed by atoms with Gasteiger partial charge in [-0.05, 0) is 49.1 Å². The number of ketones is 1. The van der Waals surface area contributed by atoms with E-state index in [2.05, 4.69) is 25.8 Å². The predicted molar refractivity (Wildman–Crippen MR) is 70.0 cm³/mol. The second kappa shape index (κ2) is 4.67. The van der Waals surface area contributed by atoms with Gasteiger partial charge >= 0.3 is 0 Å². The first kappa shape index (κ1) is 12.4. The third kappa shape index (κ3) is 2.80. The number of carbonyl (C=O) groups excluding carboxylic acids is 1. The summed E-state index contributed by atoms with van der Waals surface area (Å²) in [6.45, 7) is 6.93. The highest BCUT2D eigenvalue weighted by molar-refractivity contribution is 5.96. The minimum atomic E-state index is 0.243. The van der Waals surface area contributed by atoms with E-state index in [1.807, 2.05) is 18.3 Å². The van der Waals surface area contributed by atoms with E-state index in [1.54, 1.807) is 0 Å². The Labute approximate surface area is 104 Å². The topological polar surface area (TPSA) is 32.9 Å². The predicted octanol–water partition coefficient (Wildman–Crippen LogP) is 4.05. The van der Waals surface area contributed by atoms with E-state index in [0.29, 0.717) is 11.2 Å². The molecule has 2 nitrogen and oxygen atoms in total. The van der Waals surface area contributed by atoms with Crippen LogP contribution in [0.5, 0.6) is 0 Å². The van der Waals surface area contributed by atoms with Crippen LogP contribution in [0.2, 0.25) is 0 Å². The van der Waals surface area contributed by atoms with E-state index in [-0.39, 0.29) is 5.92 Å². The molecular formula is C15H23NO. The Hall–Kier alpha value is -1.05. The van der Waals surface area contributed by atoms with Crippen molar-refractivity contribution in [2.45, 2.75) is 46.5 Å². The number of Topliss-reactive ketones (excluding diaryl/α,β-unsaturated/α-hetero) is 1. The monoisotopic (exact) mass is 233 g/mol. The molecule has 1 aromatic heterocycles. The first-order valence-corrected chi connectivity index (χ1v) is 6.66. The van der Waals surface area contributed by atoms with Crippen molar-refractivity contribution < 1.29 is 4.79 Å². The molecule has 0 saturated heterocycles. The van der Waals surface area contributed by atoms with Gasteiger partial charge in [-0.15, -0.1) is 0 Å². The van der Waals surface area contributed by atoms with Gasteiger partial charge in [-0.25, -0.2) is 0 Å². The summed E-state index contributed by atoms with van der Waals surface area (Å²) >= 11 is 0. The van der Waals surface area contributed by atoms with Crippen LogP contribution in [0, 0.1) is 17.3 Å². The maximum absolute atomic E-state index is 12.2. The Morgan fingerprint density at radius 1 is 1.24 bits per heavy atom. The molecule has 0 spiro atoms. The Balaban J connectivity index is 1.94. The first-order valence-electron chi connectivity index (χ1n) is 6.66. The Morgan fingerprint density at radius 3 is 2.35 bits per heavy atom. The highest BCUT2D eigenvalue weighted by Crippen LogP contribution is 2.40. The second-order valence-electron chi connectivity index (χ2n) is 6.36. The smallest absolute Gasteiger partial charge is 0.182 e. The number of aromatic nitrogens is 1. The molecule has 17 heavy (non-hydrogen) atoms. The first-order chi connectivity index (χ1) is 7.98. The molecule has 1 N–H and O–H groups in total. The Kier molecular flexibility index (Phi) is 3.41. The van der Waals surface area contributed by atoms with Crippen LogP contribution >= 0.6 is 0 Å². The molecule has 0 aromatic carbocycles. The average Bonchev–Trinajstić information content (AvgIpc) is 2.80. The summed E-state index contributed by atoms with van der Waals surface area (Å²) < 4.78 is 0. The van der Waals surface area contributed by atoms with Gasteiger partial charge in [-0.2, -0.15) is 0 Å². The highest BCUT2D eigenvalue weighted by Gasteiger charge is 2.32. The minimum Gasteiger partial charge on any atom is -0.359 e. The molecule has 94 valence electrons. The number of aromatic amines is 1. The Bertz CT molecular complexity index is 364. The van der Waals surface area contributed by atoms with Gasteiger partial charge in [0.15, 0.2) is 5.78 Å². The van der Waals surface area contributed by atoms with Crippen molar-refractivity contribution in [3.63, 3.8) is 0 Å². The number of rotatable bonds is 2. The van der Waals surface area contributed by atoms with E-state index in [4.69, 9.17) is 0 Å². The average molecular weight is 233 g/mol. The van der Waals surface area contributed by atoms with Gasteiger partial charge in [0.1, 0.15) is 0 Å². The molecule has 0 bridgehead atoms. The number of carbonyl (C=O) groups is 1. The molecule has 1 aliphatic carbocycles. The van der Waals surface area contributed by atoms with Crippen LogP contribution < -0.4 is 0 Å². The lowest BCUT2D eigenvalue weighted by molar-refractivity contribution is 0.0815. The van der Waals surface area contributed by atoms with Crippen LogP contribution in [0.3, 0.4) is 0 Å². The van der Waals surface area contributed by atoms with Crippen LogP contribution in [0.4, 0.5) is 0 Å². The summed E-state index contributed by atoms with van der Waals surface area (Å²) in [5.41, 5.74) is 1.17. The third-order valence-corrected chi connectivity index (χ3v) is 4.19. The normalized spacial score (nSPS) is 25.8. The SMILES string of the molecule is CC(C)(C)C1CCC(C(=O)c2ccc[nH]2)CC1. The van der Waals surface area contributed by atoms with Crippen molar-refractivity contribution in [2.24, 2.45) is 17.3 Å². The van der Waals surface area contributed by atoms with E-state index >= 15 is 0 Å². The molecule has 2 heteroatoms. The van der Waals surface area contributed by atoms with Crippen molar-refractivity contribution in [2.75, 3.05) is 0 Å². The summed E-state index contributed by atoms with van der Waals surface area (Å²) in [5.74, 6) is 1.32. The molecule has 0 atom stereocenters. The van der Waals surface area contributed by atoms with Gasteiger partial charge in [0.2, 0.25) is 0 Å². The number of hydrogen-bond acceptors (Lipinski definition) is 1. The van der Waals surface area contributed by atoms with Crippen molar-refractivity contribution in [3.8, 4) is 0 Å². The molecule has 1 fully saturated rings. The van der Waals surface area contributed by atoms with Crippen LogP contribution in [0.15, 0.2) is 18.3 Å². The lowest BCUT2D eigenvalue weighted by atomic mass is 9.69. The molecule has 0 radical (unpaired) electrons. The highest BCUT2D eigenvalue weighted by atomic mass is 16.1. The fourth-order valence-electron chi connectivity index (χ4n) is 2.93. The van der Waals surface area contributed by atoms with Crippen LogP contribution in [-0.2, 0) is 0 Å².